The lowest BCUT2D eigenvalue weighted by molar-refractivity contribution is 1.27. The molecular formula is C12H9N3S. The summed E-state index contributed by atoms with van der Waals surface area (Å²) in [6.45, 7) is 0. The summed E-state index contributed by atoms with van der Waals surface area (Å²) in [5, 5.41) is 0. The third-order valence-electron chi connectivity index (χ3n) is 2.40. The number of rotatable bonds is 1. The van der Waals surface area contributed by atoms with Crippen molar-refractivity contribution in [1.82, 2.24) is 15.0 Å². The van der Waals surface area contributed by atoms with Crippen LogP contribution in [0.15, 0.2) is 47.6 Å². The van der Waals surface area contributed by atoms with Gasteiger partial charge in [0.1, 0.15) is 5.82 Å². The summed E-state index contributed by atoms with van der Waals surface area (Å²) in [4.78, 5) is 12.7. The first-order chi connectivity index (χ1) is 7.83. The Morgan fingerprint density at radius 2 is 2.12 bits per heavy atom. The van der Waals surface area contributed by atoms with E-state index in [1.54, 1.807) is 12.4 Å². The van der Waals surface area contributed by atoms with Crippen LogP contribution in [0.2, 0.25) is 0 Å². The number of hydrogen-bond acceptors (Lipinski definition) is 3. The predicted octanol–water partition coefficient (Wildman–Crippen LogP) is 2.91. The highest BCUT2D eigenvalue weighted by Crippen LogP contribution is 2.21. The first kappa shape index (κ1) is 9.42. The third kappa shape index (κ3) is 1.57. The van der Waals surface area contributed by atoms with E-state index in [1.807, 2.05) is 30.3 Å². The van der Waals surface area contributed by atoms with Gasteiger partial charge in [0.25, 0.3) is 0 Å². The number of nitrogens with zero attached hydrogens (tertiary/aromatic N) is 2. The van der Waals surface area contributed by atoms with Gasteiger partial charge in [0.05, 0.1) is 11.0 Å². The van der Waals surface area contributed by atoms with Gasteiger partial charge in [0.2, 0.25) is 0 Å². The van der Waals surface area contributed by atoms with Crippen LogP contribution in [-0.2, 0) is 0 Å². The molecule has 0 amide bonds. The van der Waals surface area contributed by atoms with Gasteiger partial charge in [-0.25, -0.2) is 4.98 Å². The molecule has 0 spiro atoms. The van der Waals surface area contributed by atoms with Crippen LogP contribution in [0.3, 0.4) is 0 Å². The molecule has 3 rings (SSSR count). The number of thiol groups is 1. The molecule has 0 radical (unpaired) electrons. The molecule has 1 N–H and O–H groups in total. The minimum Gasteiger partial charge on any atom is -0.338 e. The highest BCUT2D eigenvalue weighted by Gasteiger charge is 2.04. The number of aromatic amines is 1. The normalized spacial score (nSPS) is 10.8. The van der Waals surface area contributed by atoms with Gasteiger partial charge in [-0.1, -0.05) is 0 Å². The Hall–Kier alpha value is -1.81. The van der Waals surface area contributed by atoms with E-state index in [1.165, 1.54) is 0 Å². The summed E-state index contributed by atoms with van der Waals surface area (Å²) in [5.41, 5.74) is 2.92. The maximum Gasteiger partial charge on any atom is 0.140 e. The first-order valence-corrected chi connectivity index (χ1v) is 5.37. The maximum absolute atomic E-state index is 4.49. The molecule has 78 valence electrons. The van der Waals surface area contributed by atoms with E-state index in [4.69, 9.17) is 0 Å². The van der Waals surface area contributed by atoms with E-state index >= 15 is 0 Å². The Bertz CT molecular complexity index is 631. The molecule has 0 aliphatic rings. The average Bonchev–Trinajstić information content (AvgIpc) is 2.73. The number of pyridine rings is 1. The summed E-state index contributed by atoms with van der Waals surface area (Å²) in [7, 11) is 0. The molecular weight excluding hydrogens is 218 g/mol. The van der Waals surface area contributed by atoms with Crippen LogP contribution in [0.1, 0.15) is 0 Å². The first-order valence-electron chi connectivity index (χ1n) is 4.92. The smallest absolute Gasteiger partial charge is 0.140 e. The molecule has 3 nitrogen and oxygen atoms in total. The van der Waals surface area contributed by atoms with Crippen molar-refractivity contribution in [2.24, 2.45) is 0 Å². The SMILES string of the molecule is Sc1ccc2nc(-c3cccnc3)[nH]c2c1. The van der Waals surface area contributed by atoms with Crippen LogP contribution in [0.4, 0.5) is 0 Å². The quantitative estimate of drug-likeness (QED) is 0.628. The second kappa shape index (κ2) is 3.64. The van der Waals surface area contributed by atoms with Crippen LogP contribution < -0.4 is 0 Å². The van der Waals surface area contributed by atoms with Crippen LogP contribution in [0.25, 0.3) is 22.4 Å². The van der Waals surface area contributed by atoms with E-state index in [9.17, 15) is 0 Å². The van der Waals surface area contributed by atoms with E-state index < -0.39 is 0 Å². The molecule has 16 heavy (non-hydrogen) atoms. The molecule has 0 saturated carbocycles. The maximum atomic E-state index is 4.49. The number of imidazole rings is 1. The molecule has 0 fully saturated rings. The summed E-state index contributed by atoms with van der Waals surface area (Å²) >= 11 is 4.30. The van der Waals surface area contributed by atoms with Gasteiger partial charge in [-0.2, -0.15) is 0 Å². The Balaban J connectivity index is 2.19. The minimum absolute atomic E-state index is 0.835. The second-order valence-electron chi connectivity index (χ2n) is 3.53. The van der Waals surface area contributed by atoms with Gasteiger partial charge >= 0.3 is 0 Å². The zero-order chi connectivity index (χ0) is 11.0. The summed E-state index contributed by atoms with van der Waals surface area (Å²) in [6, 6.07) is 9.72. The monoisotopic (exact) mass is 227 g/mol. The number of benzene rings is 1. The van der Waals surface area contributed by atoms with Crippen molar-refractivity contribution in [2.45, 2.75) is 4.90 Å². The lowest BCUT2D eigenvalue weighted by atomic mass is 10.3. The average molecular weight is 227 g/mol. The largest absolute Gasteiger partial charge is 0.338 e. The lowest BCUT2D eigenvalue weighted by Crippen LogP contribution is -1.80. The zero-order valence-electron chi connectivity index (χ0n) is 8.38. The predicted molar refractivity (Wildman–Crippen MR) is 66.6 cm³/mol. The van der Waals surface area contributed by atoms with Gasteiger partial charge in [-0.15, -0.1) is 12.6 Å². The van der Waals surface area contributed by atoms with E-state index in [0.717, 1.165) is 27.3 Å². The topological polar surface area (TPSA) is 41.6 Å². The molecule has 0 saturated heterocycles. The molecule has 2 heterocycles. The molecule has 2 aromatic heterocycles. The number of fused-ring (bicyclic) bond motifs is 1. The van der Waals surface area contributed by atoms with E-state index in [2.05, 4.69) is 27.6 Å². The number of hydrogen-bond donors (Lipinski definition) is 2. The van der Waals surface area contributed by atoms with Crippen LogP contribution in [0, 0.1) is 0 Å². The van der Waals surface area contributed by atoms with Gasteiger partial charge in [-0.05, 0) is 30.3 Å². The summed E-state index contributed by atoms with van der Waals surface area (Å²) in [6.07, 6.45) is 3.54. The Labute approximate surface area is 98.0 Å². The highest BCUT2D eigenvalue weighted by atomic mass is 32.1. The van der Waals surface area contributed by atoms with Gasteiger partial charge in [0, 0.05) is 22.9 Å². The minimum atomic E-state index is 0.835. The van der Waals surface area contributed by atoms with E-state index in [-0.39, 0.29) is 0 Å². The van der Waals surface area contributed by atoms with Crippen molar-refractivity contribution >= 4 is 23.7 Å². The fraction of sp³-hybridized carbons (Fsp3) is 0. The summed E-state index contributed by atoms with van der Waals surface area (Å²) in [5.74, 6) is 0.835. The van der Waals surface area contributed by atoms with Crippen molar-refractivity contribution in [2.75, 3.05) is 0 Å². The fourth-order valence-corrected chi connectivity index (χ4v) is 1.84. The molecule has 0 bridgehead atoms. The molecule has 1 aromatic carbocycles. The molecule has 0 unspecified atom stereocenters. The van der Waals surface area contributed by atoms with Crippen LogP contribution >= 0.6 is 12.6 Å². The molecule has 0 aliphatic carbocycles. The second-order valence-corrected chi connectivity index (χ2v) is 4.04. The Kier molecular flexibility index (Phi) is 2.15. The number of H-pyrrole nitrogens is 1. The van der Waals surface area contributed by atoms with Crippen molar-refractivity contribution in [3.63, 3.8) is 0 Å². The van der Waals surface area contributed by atoms with Crippen LogP contribution in [0.5, 0.6) is 0 Å². The molecule has 0 atom stereocenters. The lowest BCUT2D eigenvalue weighted by Gasteiger charge is -1.92. The van der Waals surface area contributed by atoms with Crippen molar-refractivity contribution in [1.29, 1.82) is 0 Å². The van der Waals surface area contributed by atoms with Gasteiger partial charge in [0.15, 0.2) is 0 Å². The fourth-order valence-electron chi connectivity index (χ4n) is 1.64. The van der Waals surface area contributed by atoms with Crippen molar-refractivity contribution < 1.29 is 0 Å². The van der Waals surface area contributed by atoms with Crippen molar-refractivity contribution in [3.8, 4) is 11.4 Å². The Morgan fingerprint density at radius 3 is 2.94 bits per heavy atom. The zero-order valence-corrected chi connectivity index (χ0v) is 9.28. The third-order valence-corrected chi connectivity index (χ3v) is 2.68. The molecule has 3 aromatic rings. The van der Waals surface area contributed by atoms with E-state index in [0.29, 0.717) is 0 Å². The standard InChI is InChI=1S/C12H9N3S/c16-9-3-4-10-11(6-9)15-12(14-10)8-2-1-5-13-7-8/h1-7,16H,(H,14,15). The van der Waals surface area contributed by atoms with Gasteiger partial charge < -0.3 is 4.98 Å². The Morgan fingerprint density at radius 1 is 1.19 bits per heavy atom. The highest BCUT2D eigenvalue weighted by molar-refractivity contribution is 7.80. The summed E-state index contributed by atoms with van der Waals surface area (Å²) < 4.78 is 0. The van der Waals surface area contributed by atoms with Crippen molar-refractivity contribution in [3.05, 3.63) is 42.7 Å². The molecule has 0 aliphatic heterocycles. The van der Waals surface area contributed by atoms with Gasteiger partial charge in [-0.3, -0.25) is 4.98 Å². The number of nitrogens with one attached hydrogen (secondary N) is 1. The molecule has 4 heteroatoms. The number of aromatic nitrogens is 3. The van der Waals surface area contributed by atoms with Crippen LogP contribution in [-0.4, -0.2) is 15.0 Å².